The van der Waals surface area contributed by atoms with Crippen molar-refractivity contribution >= 4 is 23.2 Å². The SMILES string of the molecule is ClC1(Cl)CNCCNCCNCCNCCN1CCC1CCCCC1.[Mn+2]. The zero-order chi connectivity index (χ0) is 17.8. The minimum absolute atomic E-state index is 0. The summed E-state index contributed by atoms with van der Waals surface area (Å²) in [5.41, 5.74) is 0. The molecule has 153 valence electrons. The number of hydrogen-bond donors (Lipinski definition) is 4. The van der Waals surface area contributed by atoms with E-state index in [1.165, 1.54) is 38.5 Å². The number of nitrogens with zero attached hydrogens (tertiary/aromatic N) is 1. The first-order chi connectivity index (χ1) is 12.2. The molecule has 8 heteroatoms. The normalized spacial score (nSPS) is 25.6. The number of nitrogens with one attached hydrogen (secondary N) is 4. The number of rotatable bonds is 3. The summed E-state index contributed by atoms with van der Waals surface area (Å²) in [5, 5.41) is 13.8. The first kappa shape index (κ1) is 24.9. The number of alkyl halides is 2. The molecule has 1 heterocycles. The molecule has 26 heavy (non-hydrogen) atoms. The molecule has 0 aromatic carbocycles. The van der Waals surface area contributed by atoms with Crippen molar-refractivity contribution in [2.75, 3.05) is 65.4 Å². The van der Waals surface area contributed by atoms with E-state index in [2.05, 4.69) is 26.2 Å². The number of halogens is 2. The van der Waals surface area contributed by atoms with Crippen molar-refractivity contribution in [2.45, 2.75) is 43.0 Å². The van der Waals surface area contributed by atoms with Gasteiger partial charge in [0.2, 0.25) is 0 Å². The molecular weight excluding hydrogens is 412 g/mol. The van der Waals surface area contributed by atoms with Crippen molar-refractivity contribution in [2.24, 2.45) is 5.92 Å². The molecule has 2 aliphatic rings. The molecule has 0 unspecified atom stereocenters. The van der Waals surface area contributed by atoms with Crippen molar-refractivity contribution in [1.82, 2.24) is 26.2 Å². The molecule has 1 saturated heterocycles. The van der Waals surface area contributed by atoms with Crippen LogP contribution in [-0.4, -0.2) is 74.8 Å². The van der Waals surface area contributed by atoms with E-state index < -0.39 is 4.46 Å². The molecule has 5 nitrogen and oxygen atoms in total. The predicted octanol–water partition coefficient (Wildman–Crippen LogP) is 1.76. The van der Waals surface area contributed by atoms with E-state index in [9.17, 15) is 0 Å². The number of hydrogen-bond acceptors (Lipinski definition) is 5. The van der Waals surface area contributed by atoms with Gasteiger partial charge in [-0.25, -0.2) is 0 Å². The van der Waals surface area contributed by atoms with Gasteiger partial charge < -0.3 is 21.3 Å². The van der Waals surface area contributed by atoms with Crippen LogP contribution in [-0.2, 0) is 17.1 Å². The average molecular weight is 449 g/mol. The molecule has 1 radical (unpaired) electrons. The van der Waals surface area contributed by atoms with Gasteiger partial charge in [-0.2, -0.15) is 0 Å². The molecule has 0 spiro atoms. The van der Waals surface area contributed by atoms with Crippen LogP contribution in [0.25, 0.3) is 0 Å². The van der Waals surface area contributed by atoms with Crippen LogP contribution in [0, 0.1) is 5.92 Å². The largest absolute Gasteiger partial charge is 2.00 e. The summed E-state index contributed by atoms with van der Waals surface area (Å²) in [7, 11) is 0. The van der Waals surface area contributed by atoms with Crippen molar-refractivity contribution < 1.29 is 17.1 Å². The molecule has 1 saturated carbocycles. The van der Waals surface area contributed by atoms with Crippen LogP contribution in [0.3, 0.4) is 0 Å². The van der Waals surface area contributed by atoms with Gasteiger partial charge in [0.05, 0.1) is 0 Å². The predicted molar refractivity (Wildman–Crippen MR) is 109 cm³/mol. The topological polar surface area (TPSA) is 51.4 Å². The first-order valence-corrected chi connectivity index (χ1v) is 10.9. The van der Waals surface area contributed by atoms with E-state index in [1.807, 2.05) is 0 Å². The van der Waals surface area contributed by atoms with Crippen LogP contribution < -0.4 is 21.3 Å². The second-order valence-corrected chi connectivity index (χ2v) is 8.82. The van der Waals surface area contributed by atoms with Gasteiger partial charge in [0.1, 0.15) is 0 Å². The van der Waals surface area contributed by atoms with Gasteiger partial charge in [-0.15, -0.1) is 0 Å². The van der Waals surface area contributed by atoms with Crippen molar-refractivity contribution in [1.29, 1.82) is 0 Å². The third-order valence-corrected chi connectivity index (χ3v) is 6.07. The standard InChI is InChI=1S/C18H37Cl2N5.Mn/c19-18(20)16-24-12-11-22-8-7-21-9-10-23-13-15-25(18)14-6-17-4-2-1-3-5-17;/h17,21-24H,1-16H2;/q;+2. The summed E-state index contributed by atoms with van der Waals surface area (Å²) >= 11 is 13.5. The van der Waals surface area contributed by atoms with E-state index in [4.69, 9.17) is 23.2 Å². The Balaban J connectivity index is 0.00000338. The summed E-state index contributed by atoms with van der Waals surface area (Å²) in [5.74, 6) is 0.851. The minimum Gasteiger partial charge on any atom is -0.314 e. The second-order valence-electron chi connectivity index (χ2n) is 7.37. The van der Waals surface area contributed by atoms with Crippen molar-refractivity contribution in [3.05, 3.63) is 0 Å². The molecule has 0 amide bonds. The Bertz CT molecular complexity index is 344. The monoisotopic (exact) mass is 448 g/mol. The van der Waals surface area contributed by atoms with E-state index in [0.29, 0.717) is 6.54 Å². The summed E-state index contributed by atoms with van der Waals surface area (Å²) in [4.78, 5) is 2.26. The Hall–Kier alpha value is 0.899. The molecule has 0 aromatic heterocycles. The maximum atomic E-state index is 6.73. The van der Waals surface area contributed by atoms with Crippen LogP contribution in [0.2, 0.25) is 0 Å². The molecule has 0 bridgehead atoms. The smallest absolute Gasteiger partial charge is 0.314 e. The summed E-state index contributed by atoms with van der Waals surface area (Å²) in [6.45, 7) is 9.18. The molecule has 2 fully saturated rings. The Kier molecular flexibility index (Phi) is 14.2. The quantitative estimate of drug-likeness (QED) is 0.301. The Morgan fingerprint density at radius 1 is 0.769 bits per heavy atom. The Morgan fingerprint density at radius 3 is 1.92 bits per heavy atom. The average Bonchev–Trinajstić information content (AvgIpc) is 2.62. The van der Waals surface area contributed by atoms with Crippen LogP contribution in [0.5, 0.6) is 0 Å². The summed E-state index contributed by atoms with van der Waals surface area (Å²) in [6, 6.07) is 0. The first-order valence-electron chi connectivity index (χ1n) is 10.1. The summed E-state index contributed by atoms with van der Waals surface area (Å²) in [6.07, 6.45) is 8.15. The van der Waals surface area contributed by atoms with Gasteiger partial charge in [0.25, 0.3) is 0 Å². The minimum atomic E-state index is -0.839. The molecule has 2 rings (SSSR count). The zero-order valence-electron chi connectivity index (χ0n) is 16.0. The third kappa shape index (κ3) is 10.4. The third-order valence-electron chi connectivity index (χ3n) is 5.33. The molecule has 1 aliphatic carbocycles. The maximum Gasteiger partial charge on any atom is 2.00 e. The van der Waals surface area contributed by atoms with Crippen molar-refractivity contribution in [3.63, 3.8) is 0 Å². The van der Waals surface area contributed by atoms with Gasteiger partial charge in [0.15, 0.2) is 4.46 Å². The molecule has 0 atom stereocenters. The van der Waals surface area contributed by atoms with Crippen LogP contribution in [0.1, 0.15) is 38.5 Å². The fraction of sp³-hybridized carbons (Fsp3) is 1.00. The Morgan fingerprint density at radius 2 is 1.31 bits per heavy atom. The zero-order valence-corrected chi connectivity index (χ0v) is 18.7. The van der Waals surface area contributed by atoms with Gasteiger partial charge in [-0.1, -0.05) is 55.3 Å². The van der Waals surface area contributed by atoms with Gasteiger partial charge >= 0.3 is 17.1 Å². The van der Waals surface area contributed by atoms with Crippen LogP contribution in [0.15, 0.2) is 0 Å². The molecule has 0 aromatic rings. The molecule has 4 N–H and O–H groups in total. The van der Waals surface area contributed by atoms with Gasteiger partial charge in [-0.05, 0) is 12.3 Å². The fourth-order valence-corrected chi connectivity index (χ4v) is 4.25. The van der Waals surface area contributed by atoms with Gasteiger partial charge in [0, 0.05) is 65.4 Å². The van der Waals surface area contributed by atoms with Crippen LogP contribution in [0.4, 0.5) is 0 Å². The van der Waals surface area contributed by atoms with Gasteiger partial charge in [-0.3, -0.25) is 4.90 Å². The van der Waals surface area contributed by atoms with Crippen LogP contribution >= 0.6 is 23.2 Å². The fourth-order valence-electron chi connectivity index (χ4n) is 3.72. The van der Waals surface area contributed by atoms with E-state index in [1.54, 1.807) is 0 Å². The molecular formula is C18H37Cl2MnN5+2. The second kappa shape index (κ2) is 14.8. The molecule has 1 aliphatic heterocycles. The van der Waals surface area contributed by atoms with E-state index >= 15 is 0 Å². The Labute approximate surface area is 180 Å². The van der Waals surface area contributed by atoms with E-state index in [-0.39, 0.29) is 17.1 Å². The maximum absolute atomic E-state index is 6.73. The van der Waals surface area contributed by atoms with E-state index in [0.717, 1.165) is 64.8 Å². The van der Waals surface area contributed by atoms with Crippen molar-refractivity contribution in [3.8, 4) is 0 Å². The summed E-state index contributed by atoms with van der Waals surface area (Å²) < 4.78 is -0.839.